The lowest BCUT2D eigenvalue weighted by atomic mass is 9.78. The summed E-state index contributed by atoms with van der Waals surface area (Å²) in [7, 11) is 1.62. The Morgan fingerprint density at radius 1 is 1.16 bits per heavy atom. The largest absolute Gasteiger partial charge is 0.493 e. The van der Waals surface area contributed by atoms with Crippen molar-refractivity contribution in [3.8, 4) is 11.5 Å². The Balaban J connectivity index is 1.46. The van der Waals surface area contributed by atoms with Gasteiger partial charge in [-0.2, -0.15) is 0 Å². The van der Waals surface area contributed by atoms with Crippen LogP contribution < -0.4 is 15.2 Å². The molecule has 0 aliphatic heterocycles. The van der Waals surface area contributed by atoms with Gasteiger partial charge in [0.1, 0.15) is 6.61 Å². The minimum absolute atomic E-state index is 0.232. The van der Waals surface area contributed by atoms with Crippen molar-refractivity contribution in [1.82, 2.24) is 9.55 Å². The molecule has 1 aliphatic rings. The van der Waals surface area contributed by atoms with E-state index in [1.54, 1.807) is 7.11 Å². The summed E-state index contributed by atoms with van der Waals surface area (Å²) >= 11 is 0. The fraction of sp³-hybridized carbons (Fsp3) is 0.385. The third-order valence-electron chi connectivity index (χ3n) is 6.37. The highest BCUT2D eigenvalue weighted by Crippen LogP contribution is 2.35. The van der Waals surface area contributed by atoms with Gasteiger partial charge in [-0.25, -0.2) is 4.98 Å². The molecule has 1 amide bonds. The summed E-state index contributed by atoms with van der Waals surface area (Å²) in [4.78, 5) is 16.6. The molecule has 4 rings (SSSR count). The Morgan fingerprint density at radius 3 is 2.69 bits per heavy atom. The van der Waals surface area contributed by atoms with Crippen LogP contribution in [0.1, 0.15) is 38.2 Å². The molecule has 32 heavy (non-hydrogen) atoms. The fourth-order valence-electron chi connectivity index (χ4n) is 4.48. The number of nitrogens with two attached hydrogens (primary N) is 1. The monoisotopic (exact) mass is 433 g/mol. The lowest BCUT2D eigenvalue weighted by molar-refractivity contribution is -0.115. The second kappa shape index (κ2) is 9.90. The summed E-state index contributed by atoms with van der Waals surface area (Å²) in [6.07, 6.45) is 8.03. The number of ether oxygens (including phenoxy) is 2. The molecule has 1 heterocycles. The predicted octanol–water partition coefficient (Wildman–Crippen LogP) is 4.82. The molecular weight excluding hydrogens is 402 g/mol. The third kappa shape index (κ3) is 4.96. The molecule has 6 nitrogen and oxygen atoms in total. The maximum absolute atomic E-state index is 12.1. The number of imidazole rings is 1. The first kappa shape index (κ1) is 21.9. The molecule has 1 saturated carbocycles. The molecule has 168 valence electrons. The standard InChI is InChI=1S/C26H31N3O3/c1-18-7-10-20(11-8-18)21(26(27)30)15-19-9-12-24(25(16-19)31-2)32-14-13-29-17-28-22-5-3-4-6-23(22)29/h3-6,9,12,15-18,20H,7-8,10-11,13-14H2,1-2H3,(H2,27,30). The van der Waals surface area contributed by atoms with E-state index in [0.717, 1.165) is 48.2 Å². The van der Waals surface area contributed by atoms with E-state index in [4.69, 9.17) is 15.2 Å². The Kier molecular flexibility index (Phi) is 6.78. The highest BCUT2D eigenvalue weighted by molar-refractivity contribution is 5.97. The normalized spacial score (nSPS) is 19.1. The van der Waals surface area contributed by atoms with E-state index < -0.39 is 0 Å². The summed E-state index contributed by atoms with van der Waals surface area (Å²) in [5.41, 5.74) is 9.38. The van der Waals surface area contributed by atoms with Crippen LogP contribution in [0.3, 0.4) is 0 Å². The Bertz CT molecular complexity index is 1110. The Labute approximate surface area is 189 Å². The van der Waals surface area contributed by atoms with E-state index >= 15 is 0 Å². The average Bonchev–Trinajstić information content (AvgIpc) is 3.22. The highest BCUT2D eigenvalue weighted by Gasteiger charge is 2.24. The Hall–Kier alpha value is -3.28. The molecule has 1 aliphatic carbocycles. The van der Waals surface area contributed by atoms with Crippen LogP contribution in [-0.2, 0) is 11.3 Å². The number of amides is 1. The molecule has 2 N–H and O–H groups in total. The van der Waals surface area contributed by atoms with E-state index in [2.05, 4.69) is 16.5 Å². The first-order valence-electron chi connectivity index (χ1n) is 11.3. The molecule has 1 fully saturated rings. The van der Waals surface area contributed by atoms with E-state index in [9.17, 15) is 4.79 Å². The van der Waals surface area contributed by atoms with E-state index in [0.29, 0.717) is 30.2 Å². The maximum atomic E-state index is 12.1. The summed E-state index contributed by atoms with van der Waals surface area (Å²) < 4.78 is 13.6. The molecule has 0 radical (unpaired) electrons. The number of fused-ring (bicyclic) bond motifs is 1. The Morgan fingerprint density at radius 2 is 1.94 bits per heavy atom. The van der Waals surface area contributed by atoms with Crippen LogP contribution in [0.15, 0.2) is 54.4 Å². The topological polar surface area (TPSA) is 79.4 Å². The van der Waals surface area contributed by atoms with Gasteiger partial charge in [-0.05, 0) is 60.6 Å². The van der Waals surface area contributed by atoms with Crippen molar-refractivity contribution >= 4 is 23.0 Å². The zero-order valence-corrected chi connectivity index (χ0v) is 18.8. The van der Waals surface area contributed by atoms with Crippen LogP contribution in [0.5, 0.6) is 11.5 Å². The van der Waals surface area contributed by atoms with Crippen LogP contribution in [0, 0.1) is 11.8 Å². The summed E-state index contributed by atoms with van der Waals surface area (Å²) in [6.45, 7) is 3.43. The molecule has 0 atom stereocenters. The predicted molar refractivity (Wildman–Crippen MR) is 127 cm³/mol. The van der Waals surface area contributed by atoms with E-state index in [1.807, 2.05) is 54.9 Å². The SMILES string of the molecule is COc1cc(C=C(C(N)=O)C2CCC(C)CC2)ccc1OCCn1cnc2ccccc21. The van der Waals surface area contributed by atoms with Gasteiger partial charge in [0.25, 0.3) is 0 Å². The van der Waals surface area contributed by atoms with Gasteiger partial charge in [-0.15, -0.1) is 0 Å². The van der Waals surface area contributed by atoms with Crippen LogP contribution in [-0.4, -0.2) is 29.2 Å². The third-order valence-corrected chi connectivity index (χ3v) is 6.37. The summed E-state index contributed by atoms with van der Waals surface area (Å²) in [6, 6.07) is 13.8. The second-order valence-electron chi connectivity index (χ2n) is 8.61. The molecule has 0 bridgehead atoms. The van der Waals surface area contributed by atoms with Gasteiger partial charge >= 0.3 is 0 Å². The number of primary amides is 1. The van der Waals surface area contributed by atoms with Crippen LogP contribution >= 0.6 is 0 Å². The highest BCUT2D eigenvalue weighted by atomic mass is 16.5. The average molecular weight is 434 g/mol. The van der Waals surface area contributed by atoms with E-state index in [1.165, 1.54) is 0 Å². The van der Waals surface area contributed by atoms with Crippen molar-refractivity contribution in [2.24, 2.45) is 17.6 Å². The molecule has 0 saturated heterocycles. The molecule has 2 aromatic carbocycles. The van der Waals surface area contributed by atoms with Crippen molar-refractivity contribution in [2.75, 3.05) is 13.7 Å². The van der Waals surface area contributed by atoms with Crippen LogP contribution in [0.4, 0.5) is 0 Å². The van der Waals surface area contributed by atoms with Crippen molar-refractivity contribution < 1.29 is 14.3 Å². The van der Waals surface area contributed by atoms with E-state index in [-0.39, 0.29) is 11.8 Å². The van der Waals surface area contributed by atoms with Crippen molar-refractivity contribution in [2.45, 2.75) is 39.2 Å². The first-order chi connectivity index (χ1) is 15.5. The smallest absolute Gasteiger partial charge is 0.244 e. The second-order valence-corrected chi connectivity index (χ2v) is 8.61. The van der Waals surface area contributed by atoms with Gasteiger partial charge in [0.15, 0.2) is 11.5 Å². The number of carbonyl (C=O) groups excluding carboxylic acids is 1. The van der Waals surface area contributed by atoms with Gasteiger partial charge in [-0.3, -0.25) is 4.79 Å². The first-order valence-corrected chi connectivity index (χ1v) is 11.3. The molecule has 0 spiro atoms. The number of benzene rings is 2. The van der Waals surface area contributed by atoms with Gasteiger partial charge in [0.05, 0.1) is 31.0 Å². The van der Waals surface area contributed by atoms with Crippen molar-refractivity contribution in [1.29, 1.82) is 0 Å². The fourth-order valence-corrected chi connectivity index (χ4v) is 4.48. The zero-order valence-electron chi connectivity index (χ0n) is 18.8. The minimum Gasteiger partial charge on any atom is -0.493 e. The minimum atomic E-state index is -0.337. The van der Waals surface area contributed by atoms with Gasteiger partial charge in [0, 0.05) is 5.57 Å². The van der Waals surface area contributed by atoms with Gasteiger partial charge in [0.2, 0.25) is 5.91 Å². The number of rotatable bonds is 8. The molecule has 1 aromatic heterocycles. The summed E-state index contributed by atoms with van der Waals surface area (Å²) in [5, 5.41) is 0. The quantitative estimate of drug-likeness (QED) is 0.517. The number of hydrogen-bond donors (Lipinski definition) is 1. The van der Waals surface area contributed by atoms with Crippen LogP contribution in [0.2, 0.25) is 0 Å². The lowest BCUT2D eigenvalue weighted by Gasteiger charge is -2.27. The van der Waals surface area contributed by atoms with Gasteiger partial charge in [-0.1, -0.05) is 38.0 Å². The van der Waals surface area contributed by atoms with Crippen molar-refractivity contribution in [3.63, 3.8) is 0 Å². The number of carbonyl (C=O) groups is 1. The number of hydrogen-bond acceptors (Lipinski definition) is 4. The van der Waals surface area contributed by atoms with Crippen LogP contribution in [0.25, 0.3) is 17.1 Å². The molecule has 6 heteroatoms. The molecule has 3 aromatic rings. The number of aromatic nitrogens is 2. The summed E-state index contributed by atoms with van der Waals surface area (Å²) in [5.74, 6) is 1.92. The maximum Gasteiger partial charge on any atom is 0.244 e. The molecule has 0 unspecified atom stereocenters. The van der Waals surface area contributed by atoms with Crippen molar-refractivity contribution in [3.05, 3.63) is 59.9 Å². The molecular formula is C26H31N3O3. The lowest BCUT2D eigenvalue weighted by Crippen LogP contribution is -2.24. The number of para-hydroxylation sites is 2. The van der Waals surface area contributed by atoms with Gasteiger partial charge < -0.3 is 19.8 Å². The number of methoxy groups -OCH3 is 1. The zero-order chi connectivity index (χ0) is 22.5. The number of nitrogens with zero attached hydrogens (tertiary/aromatic N) is 2.